The van der Waals surface area contributed by atoms with E-state index in [4.69, 9.17) is 5.11 Å². The van der Waals surface area contributed by atoms with E-state index in [0.717, 1.165) is 22.0 Å². The number of aliphatic carboxylic acids is 1. The Kier molecular flexibility index (Phi) is 3.41. The summed E-state index contributed by atoms with van der Waals surface area (Å²) in [4.78, 5) is 17.1. The van der Waals surface area contributed by atoms with Crippen LogP contribution >= 0.6 is 0 Å². The molecule has 3 rings (SSSR count). The van der Waals surface area contributed by atoms with Gasteiger partial charge < -0.3 is 15.3 Å². The summed E-state index contributed by atoms with van der Waals surface area (Å²) in [5.41, 5.74) is 2.13. The molecule has 5 heteroatoms. The van der Waals surface area contributed by atoms with Crippen molar-refractivity contribution in [2.24, 2.45) is 0 Å². The normalized spacial score (nSPS) is 14.2. The van der Waals surface area contributed by atoms with Crippen LogP contribution in [0.1, 0.15) is 18.4 Å². The van der Waals surface area contributed by atoms with Gasteiger partial charge in [0.1, 0.15) is 12.4 Å². The molecule has 0 unspecified atom stereocenters. The molecular weight excluding hydrogens is 266 g/mol. The molecule has 1 fully saturated rings. The Morgan fingerprint density at radius 2 is 2.24 bits per heavy atom. The summed E-state index contributed by atoms with van der Waals surface area (Å²) in [6.45, 7) is 1.97. The van der Waals surface area contributed by atoms with Crippen LogP contribution in [0.4, 0.5) is 11.5 Å². The predicted octanol–water partition coefficient (Wildman–Crippen LogP) is 2.64. The predicted molar refractivity (Wildman–Crippen MR) is 84.0 cm³/mol. The number of aryl methyl sites for hydroxylation is 1. The summed E-state index contributed by atoms with van der Waals surface area (Å²) >= 11 is 0. The molecule has 1 aliphatic carbocycles. The minimum atomic E-state index is -0.860. The molecule has 0 aliphatic heterocycles. The van der Waals surface area contributed by atoms with E-state index in [9.17, 15) is 4.79 Å². The number of benzene rings is 1. The largest absolute Gasteiger partial charge is 0.480 e. The number of nitrogens with zero attached hydrogens (tertiary/aromatic N) is 2. The van der Waals surface area contributed by atoms with Crippen molar-refractivity contribution in [2.75, 3.05) is 23.8 Å². The van der Waals surface area contributed by atoms with Gasteiger partial charge in [0.15, 0.2) is 0 Å². The molecule has 1 aromatic carbocycles. The summed E-state index contributed by atoms with van der Waals surface area (Å²) < 4.78 is 0. The minimum absolute atomic E-state index is 0.0637. The first-order valence-electron chi connectivity index (χ1n) is 7.14. The van der Waals surface area contributed by atoms with Gasteiger partial charge in [0.2, 0.25) is 0 Å². The molecular formula is C16H19N3O2. The fourth-order valence-electron chi connectivity index (χ4n) is 2.58. The van der Waals surface area contributed by atoms with E-state index in [1.807, 2.05) is 25.3 Å². The maximum atomic E-state index is 10.9. The van der Waals surface area contributed by atoms with Gasteiger partial charge in [0.25, 0.3) is 0 Å². The molecule has 1 aliphatic rings. The average molecular weight is 285 g/mol. The smallest absolute Gasteiger partial charge is 0.323 e. The minimum Gasteiger partial charge on any atom is -0.480 e. The van der Waals surface area contributed by atoms with E-state index >= 15 is 0 Å². The molecule has 2 N–H and O–H groups in total. The molecule has 5 nitrogen and oxygen atoms in total. The molecule has 0 saturated heterocycles. The summed E-state index contributed by atoms with van der Waals surface area (Å²) in [6, 6.07) is 6.67. The van der Waals surface area contributed by atoms with Crippen molar-refractivity contribution >= 4 is 28.2 Å². The zero-order valence-corrected chi connectivity index (χ0v) is 12.3. The number of nitrogens with one attached hydrogen (secondary N) is 1. The van der Waals surface area contributed by atoms with Gasteiger partial charge in [0.05, 0.1) is 11.9 Å². The van der Waals surface area contributed by atoms with Crippen molar-refractivity contribution in [3.05, 3.63) is 30.0 Å². The van der Waals surface area contributed by atoms with Gasteiger partial charge in [-0.3, -0.25) is 4.79 Å². The SMILES string of the molecule is Cc1cccc2c(NC3CC3)cnc(N(C)CC(=O)O)c12. The highest BCUT2D eigenvalue weighted by molar-refractivity contribution is 6.02. The van der Waals surface area contributed by atoms with Crippen LogP contribution < -0.4 is 10.2 Å². The van der Waals surface area contributed by atoms with Crippen molar-refractivity contribution < 1.29 is 9.90 Å². The number of fused-ring (bicyclic) bond motifs is 1. The zero-order valence-electron chi connectivity index (χ0n) is 12.3. The first kappa shape index (κ1) is 13.7. The summed E-state index contributed by atoms with van der Waals surface area (Å²) in [7, 11) is 1.76. The Morgan fingerprint density at radius 1 is 1.48 bits per heavy atom. The third kappa shape index (κ3) is 2.77. The molecule has 21 heavy (non-hydrogen) atoms. The van der Waals surface area contributed by atoms with Crippen LogP contribution in [0.2, 0.25) is 0 Å². The van der Waals surface area contributed by atoms with E-state index in [-0.39, 0.29) is 6.54 Å². The van der Waals surface area contributed by atoms with Gasteiger partial charge in [-0.15, -0.1) is 0 Å². The molecule has 0 atom stereocenters. The first-order chi connectivity index (χ1) is 10.1. The first-order valence-corrected chi connectivity index (χ1v) is 7.14. The van der Waals surface area contributed by atoms with Gasteiger partial charge in [0, 0.05) is 23.9 Å². The summed E-state index contributed by atoms with van der Waals surface area (Å²) in [6.07, 6.45) is 4.22. The van der Waals surface area contributed by atoms with Crippen molar-refractivity contribution in [2.45, 2.75) is 25.8 Å². The topological polar surface area (TPSA) is 65.5 Å². The number of carboxylic acids is 1. The Balaban J connectivity index is 2.10. The number of rotatable bonds is 5. The molecule has 0 radical (unpaired) electrons. The van der Waals surface area contributed by atoms with Gasteiger partial charge in [-0.2, -0.15) is 0 Å². The number of pyridine rings is 1. The summed E-state index contributed by atoms with van der Waals surface area (Å²) in [5.74, 6) is -0.145. The molecule has 110 valence electrons. The van der Waals surface area contributed by atoms with Crippen LogP contribution in [0.25, 0.3) is 10.8 Å². The third-order valence-corrected chi connectivity index (χ3v) is 3.77. The highest BCUT2D eigenvalue weighted by atomic mass is 16.4. The lowest BCUT2D eigenvalue weighted by Gasteiger charge is -2.20. The number of anilines is 2. The van der Waals surface area contributed by atoms with Crippen LogP contribution in [0.3, 0.4) is 0 Å². The number of aromatic nitrogens is 1. The maximum Gasteiger partial charge on any atom is 0.323 e. The monoisotopic (exact) mass is 285 g/mol. The number of hydrogen-bond donors (Lipinski definition) is 2. The lowest BCUT2D eigenvalue weighted by atomic mass is 10.0. The molecule has 1 heterocycles. The third-order valence-electron chi connectivity index (χ3n) is 3.77. The highest BCUT2D eigenvalue weighted by Gasteiger charge is 2.23. The highest BCUT2D eigenvalue weighted by Crippen LogP contribution is 2.34. The standard InChI is InChI=1S/C16H19N3O2/c1-10-4-3-5-12-13(18-11-6-7-11)8-17-16(15(10)12)19(2)9-14(20)21/h3-5,8,11,18H,6-7,9H2,1-2H3,(H,20,21). The Morgan fingerprint density at radius 3 is 2.90 bits per heavy atom. The van der Waals surface area contributed by atoms with E-state index in [1.54, 1.807) is 11.9 Å². The molecule has 0 spiro atoms. The molecule has 1 saturated carbocycles. The maximum absolute atomic E-state index is 10.9. The molecule has 0 bridgehead atoms. The fraction of sp³-hybridized carbons (Fsp3) is 0.375. The Bertz CT molecular complexity index is 695. The van der Waals surface area contributed by atoms with Gasteiger partial charge >= 0.3 is 5.97 Å². The number of carboxylic acid groups (broad SMARTS) is 1. The molecule has 2 aromatic rings. The van der Waals surface area contributed by atoms with Crippen LogP contribution in [0, 0.1) is 6.92 Å². The number of likely N-dealkylation sites (N-methyl/N-ethyl adjacent to an activating group) is 1. The van der Waals surface area contributed by atoms with Crippen LogP contribution in [0.15, 0.2) is 24.4 Å². The van der Waals surface area contributed by atoms with E-state index in [2.05, 4.69) is 16.4 Å². The van der Waals surface area contributed by atoms with Crippen molar-refractivity contribution in [1.82, 2.24) is 4.98 Å². The summed E-state index contributed by atoms with van der Waals surface area (Å²) in [5, 5.41) is 14.6. The van der Waals surface area contributed by atoms with Crippen LogP contribution in [0.5, 0.6) is 0 Å². The Labute approximate surface area is 123 Å². The number of hydrogen-bond acceptors (Lipinski definition) is 4. The van der Waals surface area contributed by atoms with Crippen molar-refractivity contribution in [3.63, 3.8) is 0 Å². The quantitative estimate of drug-likeness (QED) is 0.884. The van der Waals surface area contributed by atoms with Crippen molar-refractivity contribution in [3.8, 4) is 0 Å². The van der Waals surface area contributed by atoms with Crippen LogP contribution in [-0.4, -0.2) is 35.7 Å². The second-order valence-corrected chi connectivity index (χ2v) is 5.66. The lowest BCUT2D eigenvalue weighted by molar-refractivity contribution is -0.135. The molecule has 1 aromatic heterocycles. The van der Waals surface area contributed by atoms with E-state index in [1.165, 1.54) is 12.8 Å². The van der Waals surface area contributed by atoms with Gasteiger partial charge in [-0.1, -0.05) is 18.2 Å². The fourth-order valence-corrected chi connectivity index (χ4v) is 2.58. The van der Waals surface area contributed by atoms with Gasteiger partial charge in [-0.05, 0) is 25.3 Å². The van der Waals surface area contributed by atoms with Crippen LogP contribution in [-0.2, 0) is 4.79 Å². The second-order valence-electron chi connectivity index (χ2n) is 5.66. The molecule has 0 amide bonds. The van der Waals surface area contributed by atoms with Crippen molar-refractivity contribution in [1.29, 1.82) is 0 Å². The second kappa shape index (κ2) is 5.24. The lowest BCUT2D eigenvalue weighted by Crippen LogP contribution is -2.26. The Hall–Kier alpha value is -2.30. The zero-order chi connectivity index (χ0) is 15.0. The number of carbonyl (C=O) groups is 1. The van der Waals surface area contributed by atoms with Gasteiger partial charge in [-0.25, -0.2) is 4.98 Å². The average Bonchev–Trinajstić information content (AvgIpc) is 3.23. The van der Waals surface area contributed by atoms with E-state index in [0.29, 0.717) is 11.9 Å². The van der Waals surface area contributed by atoms with E-state index < -0.39 is 5.97 Å².